The van der Waals surface area contributed by atoms with Crippen molar-refractivity contribution < 1.29 is 13.5 Å². The molecule has 0 spiro atoms. The first kappa shape index (κ1) is 18.0. The minimum absolute atomic E-state index is 0.0206. The number of halogens is 2. The van der Waals surface area contributed by atoms with Crippen molar-refractivity contribution in [3.05, 3.63) is 57.6 Å². The van der Waals surface area contributed by atoms with Crippen LogP contribution in [0.4, 0.5) is 5.69 Å². The van der Waals surface area contributed by atoms with Crippen LogP contribution in [0, 0.1) is 0 Å². The SMILES string of the molecule is CC(O)c1cccc(CNS(=O)(=O)c2c(N)cc(Cl)cc2Cl)c1. The molecular formula is C15H16Cl2N2O3S. The zero-order chi connectivity index (χ0) is 17.2. The smallest absolute Gasteiger partial charge is 0.244 e. The lowest BCUT2D eigenvalue weighted by atomic mass is 10.1. The molecule has 0 bridgehead atoms. The molecule has 1 unspecified atom stereocenters. The molecule has 8 heteroatoms. The Morgan fingerprint density at radius 1 is 1.26 bits per heavy atom. The van der Waals surface area contributed by atoms with Gasteiger partial charge in [0.25, 0.3) is 0 Å². The van der Waals surface area contributed by atoms with Crippen molar-refractivity contribution in [3.8, 4) is 0 Å². The van der Waals surface area contributed by atoms with Gasteiger partial charge in [0.1, 0.15) is 4.90 Å². The molecule has 2 aromatic carbocycles. The third-order valence-electron chi connectivity index (χ3n) is 3.21. The number of nitrogens with two attached hydrogens (primary N) is 1. The fourth-order valence-electron chi connectivity index (χ4n) is 2.08. The molecule has 0 fully saturated rings. The minimum atomic E-state index is -3.90. The molecule has 0 amide bonds. The number of rotatable bonds is 5. The predicted molar refractivity (Wildman–Crippen MR) is 92.0 cm³/mol. The van der Waals surface area contributed by atoms with Gasteiger partial charge < -0.3 is 10.8 Å². The van der Waals surface area contributed by atoms with Crippen LogP contribution in [0.5, 0.6) is 0 Å². The number of sulfonamides is 1. The Bertz CT molecular complexity index is 800. The van der Waals surface area contributed by atoms with Gasteiger partial charge in [-0.3, -0.25) is 0 Å². The summed E-state index contributed by atoms with van der Waals surface area (Å²) in [6.07, 6.45) is -0.632. The van der Waals surface area contributed by atoms with E-state index in [1.807, 2.05) is 0 Å². The average molecular weight is 375 g/mol. The summed E-state index contributed by atoms with van der Waals surface area (Å²) in [5.74, 6) is 0. The summed E-state index contributed by atoms with van der Waals surface area (Å²) >= 11 is 11.7. The van der Waals surface area contributed by atoms with E-state index in [9.17, 15) is 13.5 Å². The third kappa shape index (κ3) is 4.37. The van der Waals surface area contributed by atoms with Crippen molar-refractivity contribution in [2.45, 2.75) is 24.5 Å². The second-order valence-corrected chi connectivity index (χ2v) is 7.60. The van der Waals surface area contributed by atoms with Gasteiger partial charge in [-0.25, -0.2) is 13.1 Å². The highest BCUT2D eigenvalue weighted by atomic mass is 35.5. The number of hydrogen-bond acceptors (Lipinski definition) is 4. The molecule has 5 nitrogen and oxygen atoms in total. The Kier molecular flexibility index (Phi) is 5.54. The van der Waals surface area contributed by atoms with Gasteiger partial charge in [0, 0.05) is 11.6 Å². The lowest BCUT2D eigenvalue weighted by Gasteiger charge is -2.12. The van der Waals surface area contributed by atoms with Crippen LogP contribution in [-0.4, -0.2) is 13.5 Å². The molecule has 124 valence electrons. The van der Waals surface area contributed by atoms with E-state index in [-0.39, 0.29) is 27.2 Å². The summed E-state index contributed by atoms with van der Waals surface area (Å²) < 4.78 is 27.3. The summed E-state index contributed by atoms with van der Waals surface area (Å²) in [5, 5.41) is 9.79. The Hall–Kier alpha value is -1.31. The van der Waals surface area contributed by atoms with Gasteiger partial charge in [-0.15, -0.1) is 0 Å². The maximum Gasteiger partial charge on any atom is 0.244 e. The molecular weight excluding hydrogens is 359 g/mol. The molecule has 1 atom stereocenters. The second-order valence-electron chi connectivity index (χ2n) is 5.05. The zero-order valence-corrected chi connectivity index (χ0v) is 14.6. The molecule has 2 aromatic rings. The van der Waals surface area contributed by atoms with E-state index in [1.165, 1.54) is 12.1 Å². The first-order valence-corrected chi connectivity index (χ1v) is 8.95. The van der Waals surface area contributed by atoms with E-state index in [0.717, 1.165) is 0 Å². The molecule has 0 radical (unpaired) electrons. The summed E-state index contributed by atoms with van der Waals surface area (Å²) in [6, 6.07) is 9.63. The molecule has 0 saturated carbocycles. The van der Waals surface area contributed by atoms with Crippen molar-refractivity contribution in [1.82, 2.24) is 4.72 Å². The van der Waals surface area contributed by atoms with Gasteiger partial charge in [0.05, 0.1) is 16.8 Å². The number of nitrogens with one attached hydrogen (secondary N) is 1. The molecule has 0 saturated heterocycles. The maximum absolute atomic E-state index is 12.4. The Labute approximate surface area is 145 Å². The summed E-state index contributed by atoms with van der Waals surface area (Å²) in [5.41, 5.74) is 7.10. The Balaban J connectivity index is 2.25. The van der Waals surface area contributed by atoms with E-state index >= 15 is 0 Å². The van der Waals surface area contributed by atoms with Crippen molar-refractivity contribution in [2.75, 3.05) is 5.73 Å². The topological polar surface area (TPSA) is 92.4 Å². The number of benzene rings is 2. The van der Waals surface area contributed by atoms with Crippen LogP contribution in [0.25, 0.3) is 0 Å². The highest BCUT2D eigenvalue weighted by Gasteiger charge is 2.21. The number of anilines is 1. The second kappa shape index (κ2) is 7.07. The molecule has 0 aliphatic rings. The van der Waals surface area contributed by atoms with Crippen LogP contribution in [0.3, 0.4) is 0 Å². The molecule has 0 heterocycles. The third-order valence-corrected chi connectivity index (χ3v) is 5.35. The van der Waals surface area contributed by atoms with Gasteiger partial charge in [-0.05, 0) is 30.2 Å². The summed E-state index contributed by atoms with van der Waals surface area (Å²) in [6.45, 7) is 1.68. The van der Waals surface area contributed by atoms with Gasteiger partial charge in [0.2, 0.25) is 10.0 Å². The van der Waals surface area contributed by atoms with E-state index in [0.29, 0.717) is 11.1 Å². The molecule has 0 aliphatic heterocycles. The van der Waals surface area contributed by atoms with E-state index < -0.39 is 16.1 Å². The van der Waals surface area contributed by atoms with Crippen molar-refractivity contribution >= 4 is 38.9 Å². The van der Waals surface area contributed by atoms with Crippen LogP contribution in [0.2, 0.25) is 10.0 Å². The van der Waals surface area contributed by atoms with E-state index in [1.54, 1.807) is 31.2 Å². The molecule has 0 aromatic heterocycles. The maximum atomic E-state index is 12.4. The number of nitrogen functional groups attached to an aromatic ring is 1. The first-order valence-electron chi connectivity index (χ1n) is 6.72. The van der Waals surface area contributed by atoms with Gasteiger partial charge in [0.15, 0.2) is 0 Å². The summed E-state index contributed by atoms with van der Waals surface area (Å²) in [4.78, 5) is -0.199. The van der Waals surface area contributed by atoms with Crippen LogP contribution in [-0.2, 0) is 16.6 Å². The van der Waals surface area contributed by atoms with Crippen LogP contribution in [0.1, 0.15) is 24.2 Å². The highest BCUT2D eigenvalue weighted by Crippen LogP contribution is 2.31. The highest BCUT2D eigenvalue weighted by molar-refractivity contribution is 7.89. The van der Waals surface area contributed by atoms with Crippen molar-refractivity contribution in [1.29, 1.82) is 0 Å². The Morgan fingerprint density at radius 3 is 2.57 bits per heavy atom. The quantitative estimate of drug-likeness (QED) is 0.701. The molecule has 4 N–H and O–H groups in total. The minimum Gasteiger partial charge on any atom is -0.398 e. The van der Waals surface area contributed by atoms with Crippen LogP contribution >= 0.6 is 23.2 Å². The van der Waals surface area contributed by atoms with Crippen molar-refractivity contribution in [2.24, 2.45) is 0 Å². The van der Waals surface area contributed by atoms with Gasteiger partial charge in [-0.2, -0.15) is 0 Å². The van der Waals surface area contributed by atoms with Crippen molar-refractivity contribution in [3.63, 3.8) is 0 Å². The molecule has 2 rings (SSSR count). The number of aliphatic hydroxyl groups excluding tert-OH is 1. The lowest BCUT2D eigenvalue weighted by molar-refractivity contribution is 0.199. The number of hydrogen-bond donors (Lipinski definition) is 3. The normalized spacial score (nSPS) is 13.0. The fraction of sp³-hybridized carbons (Fsp3) is 0.200. The standard InChI is InChI=1S/C15H16Cl2N2O3S/c1-9(20)11-4-2-3-10(5-11)8-19-23(21,22)15-13(17)6-12(16)7-14(15)18/h2-7,9,19-20H,8,18H2,1H3. The van der Waals surface area contributed by atoms with Gasteiger partial charge in [-0.1, -0.05) is 47.5 Å². The molecule has 0 aliphatic carbocycles. The Morgan fingerprint density at radius 2 is 1.96 bits per heavy atom. The van der Waals surface area contributed by atoms with Gasteiger partial charge >= 0.3 is 0 Å². The fourth-order valence-corrected chi connectivity index (χ4v) is 4.08. The van der Waals surface area contributed by atoms with E-state index in [4.69, 9.17) is 28.9 Å². The summed E-state index contributed by atoms with van der Waals surface area (Å²) in [7, 11) is -3.90. The largest absolute Gasteiger partial charge is 0.398 e. The lowest BCUT2D eigenvalue weighted by Crippen LogP contribution is -2.24. The van der Waals surface area contributed by atoms with Crippen LogP contribution < -0.4 is 10.5 Å². The van der Waals surface area contributed by atoms with E-state index in [2.05, 4.69) is 4.72 Å². The predicted octanol–water partition coefficient (Wildman–Crippen LogP) is 3.11. The van der Waals surface area contributed by atoms with Crippen LogP contribution in [0.15, 0.2) is 41.3 Å². The first-order chi connectivity index (χ1) is 10.7. The average Bonchev–Trinajstić information content (AvgIpc) is 2.44. The number of aliphatic hydroxyl groups is 1. The zero-order valence-electron chi connectivity index (χ0n) is 12.3. The molecule has 23 heavy (non-hydrogen) atoms. The monoisotopic (exact) mass is 374 g/mol.